The SMILES string of the molecule is COCC1(COC)C(n2c(C)nc3c(C)nc(C)nc32)C1(C)C. The topological polar surface area (TPSA) is 62.1 Å². The molecule has 0 spiro atoms. The Balaban J connectivity index is 2.19. The standard InChI is InChI=1S/C17H26N4O2/c1-10-13-14(19-11(2)18-10)21(12(3)20-13)15-16(4,5)17(15,8-22-6)9-23-7/h15H,8-9H2,1-7H3. The number of rotatable bonds is 5. The third-order valence-corrected chi connectivity index (χ3v) is 5.47. The molecule has 0 aliphatic heterocycles. The summed E-state index contributed by atoms with van der Waals surface area (Å²) in [7, 11) is 3.50. The minimum absolute atomic E-state index is 0.0458. The fourth-order valence-corrected chi connectivity index (χ4v) is 4.23. The first-order chi connectivity index (χ1) is 10.8. The van der Waals surface area contributed by atoms with E-state index in [1.807, 2.05) is 20.8 Å². The van der Waals surface area contributed by atoms with Gasteiger partial charge in [-0.15, -0.1) is 0 Å². The molecule has 1 unspecified atom stereocenters. The highest BCUT2D eigenvalue weighted by molar-refractivity contribution is 5.74. The second-order valence-electron chi connectivity index (χ2n) is 7.20. The summed E-state index contributed by atoms with van der Waals surface area (Å²) in [5.74, 6) is 1.74. The summed E-state index contributed by atoms with van der Waals surface area (Å²) < 4.78 is 13.3. The van der Waals surface area contributed by atoms with E-state index in [-0.39, 0.29) is 16.9 Å². The van der Waals surface area contributed by atoms with Crippen molar-refractivity contribution < 1.29 is 9.47 Å². The predicted octanol–water partition coefficient (Wildman–Crippen LogP) is 2.61. The third kappa shape index (κ3) is 2.11. The molecule has 3 rings (SSSR count). The Bertz CT molecular complexity index is 745. The number of methoxy groups -OCH3 is 2. The Hall–Kier alpha value is -1.53. The summed E-state index contributed by atoms with van der Waals surface area (Å²) in [6.07, 6.45) is 0. The summed E-state index contributed by atoms with van der Waals surface area (Å²) in [5.41, 5.74) is 2.71. The monoisotopic (exact) mass is 318 g/mol. The van der Waals surface area contributed by atoms with Crippen LogP contribution in [0.25, 0.3) is 11.2 Å². The number of hydrogen-bond acceptors (Lipinski definition) is 5. The zero-order chi connectivity index (χ0) is 17.0. The van der Waals surface area contributed by atoms with Crippen molar-refractivity contribution in [3.05, 3.63) is 17.3 Å². The van der Waals surface area contributed by atoms with Crippen molar-refractivity contribution in [1.29, 1.82) is 0 Å². The zero-order valence-electron chi connectivity index (χ0n) is 15.1. The van der Waals surface area contributed by atoms with Gasteiger partial charge in [0.2, 0.25) is 0 Å². The molecule has 0 N–H and O–H groups in total. The maximum absolute atomic E-state index is 5.54. The van der Waals surface area contributed by atoms with E-state index in [9.17, 15) is 0 Å². The second kappa shape index (κ2) is 5.24. The fraction of sp³-hybridized carbons (Fsp3) is 0.706. The molecule has 2 aromatic heterocycles. The number of aromatic nitrogens is 4. The molecule has 1 aliphatic carbocycles. The van der Waals surface area contributed by atoms with Crippen molar-refractivity contribution in [2.24, 2.45) is 10.8 Å². The van der Waals surface area contributed by atoms with Crippen molar-refractivity contribution in [2.45, 2.75) is 40.7 Å². The van der Waals surface area contributed by atoms with Crippen LogP contribution in [0.3, 0.4) is 0 Å². The number of nitrogens with zero attached hydrogens (tertiary/aromatic N) is 4. The second-order valence-corrected chi connectivity index (χ2v) is 7.20. The number of hydrogen-bond donors (Lipinski definition) is 0. The summed E-state index contributed by atoms with van der Waals surface area (Å²) in [4.78, 5) is 13.8. The molecule has 0 amide bonds. The Morgan fingerprint density at radius 1 is 1.00 bits per heavy atom. The van der Waals surface area contributed by atoms with Crippen molar-refractivity contribution in [2.75, 3.05) is 27.4 Å². The average Bonchev–Trinajstić information content (AvgIpc) is 2.73. The lowest BCUT2D eigenvalue weighted by Gasteiger charge is -2.18. The molecule has 6 heteroatoms. The van der Waals surface area contributed by atoms with Gasteiger partial charge in [-0.25, -0.2) is 15.0 Å². The molecule has 1 saturated carbocycles. The molecule has 0 radical (unpaired) electrons. The van der Waals surface area contributed by atoms with E-state index in [4.69, 9.17) is 14.5 Å². The molecule has 0 saturated heterocycles. The van der Waals surface area contributed by atoms with Gasteiger partial charge >= 0.3 is 0 Å². The van der Waals surface area contributed by atoms with Gasteiger partial charge in [0.15, 0.2) is 5.65 Å². The largest absolute Gasteiger partial charge is 0.384 e. The highest BCUT2D eigenvalue weighted by Gasteiger charge is 2.72. The number of imidazole rings is 1. The quantitative estimate of drug-likeness (QED) is 0.848. The first kappa shape index (κ1) is 16.3. The van der Waals surface area contributed by atoms with Gasteiger partial charge in [-0.3, -0.25) is 0 Å². The molecule has 23 heavy (non-hydrogen) atoms. The van der Waals surface area contributed by atoms with Crippen LogP contribution in [0.4, 0.5) is 0 Å². The van der Waals surface area contributed by atoms with Gasteiger partial charge in [-0.2, -0.15) is 0 Å². The van der Waals surface area contributed by atoms with Gasteiger partial charge in [0, 0.05) is 19.6 Å². The van der Waals surface area contributed by atoms with Crippen LogP contribution < -0.4 is 0 Å². The summed E-state index contributed by atoms with van der Waals surface area (Å²) >= 11 is 0. The van der Waals surface area contributed by atoms with Crippen molar-refractivity contribution in [1.82, 2.24) is 19.5 Å². The Morgan fingerprint density at radius 3 is 2.17 bits per heavy atom. The fourth-order valence-electron chi connectivity index (χ4n) is 4.23. The minimum Gasteiger partial charge on any atom is -0.384 e. The van der Waals surface area contributed by atoms with Crippen molar-refractivity contribution >= 4 is 11.2 Å². The lowest BCUT2D eigenvalue weighted by atomic mass is 9.98. The smallest absolute Gasteiger partial charge is 0.164 e. The lowest BCUT2D eigenvalue weighted by molar-refractivity contribution is 0.0474. The minimum atomic E-state index is -0.0678. The Morgan fingerprint density at radius 2 is 1.61 bits per heavy atom. The van der Waals surface area contributed by atoms with Gasteiger partial charge in [0.25, 0.3) is 0 Å². The summed E-state index contributed by atoms with van der Waals surface area (Å²) in [6.45, 7) is 11.8. The van der Waals surface area contributed by atoms with Crippen LogP contribution >= 0.6 is 0 Å². The highest BCUT2D eigenvalue weighted by atomic mass is 16.5. The molecule has 0 aromatic carbocycles. The van der Waals surface area contributed by atoms with Crippen LogP contribution in [0.1, 0.15) is 37.2 Å². The van der Waals surface area contributed by atoms with Crippen LogP contribution in [0, 0.1) is 31.6 Å². The maximum atomic E-state index is 5.54. The lowest BCUT2D eigenvalue weighted by Crippen LogP contribution is -2.23. The molecule has 2 aromatic rings. The number of ether oxygens (including phenoxy) is 2. The summed E-state index contributed by atoms with van der Waals surface area (Å²) in [5, 5.41) is 0. The van der Waals surface area contributed by atoms with Crippen molar-refractivity contribution in [3.63, 3.8) is 0 Å². The van der Waals surface area contributed by atoms with E-state index in [2.05, 4.69) is 28.4 Å². The third-order valence-electron chi connectivity index (χ3n) is 5.47. The van der Waals surface area contributed by atoms with Gasteiger partial charge in [-0.1, -0.05) is 13.8 Å². The van der Waals surface area contributed by atoms with Crippen LogP contribution in [-0.4, -0.2) is 47.0 Å². The van der Waals surface area contributed by atoms with Gasteiger partial charge in [-0.05, 0) is 26.2 Å². The first-order valence-electron chi connectivity index (χ1n) is 7.98. The number of aryl methyl sites for hydroxylation is 3. The first-order valence-corrected chi connectivity index (χ1v) is 7.98. The van der Waals surface area contributed by atoms with E-state index in [0.717, 1.165) is 28.5 Å². The van der Waals surface area contributed by atoms with Crippen LogP contribution in [0.15, 0.2) is 0 Å². The molecule has 126 valence electrons. The highest BCUT2D eigenvalue weighted by Crippen LogP contribution is 2.72. The molecular formula is C17H26N4O2. The predicted molar refractivity (Wildman–Crippen MR) is 88.5 cm³/mol. The Labute approximate surface area is 137 Å². The molecular weight excluding hydrogens is 292 g/mol. The van der Waals surface area contributed by atoms with Crippen LogP contribution in [0.2, 0.25) is 0 Å². The van der Waals surface area contributed by atoms with E-state index < -0.39 is 0 Å². The van der Waals surface area contributed by atoms with Crippen molar-refractivity contribution in [3.8, 4) is 0 Å². The van der Waals surface area contributed by atoms with E-state index >= 15 is 0 Å². The van der Waals surface area contributed by atoms with Gasteiger partial charge < -0.3 is 14.0 Å². The van der Waals surface area contributed by atoms with Gasteiger partial charge in [0.05, 0.1) is 24.9 Å². The molecule has 1 atom stereocenters. The number of fused-ring (bicyclic) bond motifs is 1. The molecule has 1 fully saturated rings. The normalized spacial score (nSPS) is 21.8. The molecule has 1 aliphatic rings. The van der Waals surface area contributed by atoms with E-state index in [0.29, 0.717) is 13.2 Å². The maximum Gasteiger partial charge on any atom is 0.164 e. The Kier molecular flexibility index (Phi) is 3.72. The van der Waals surface area contributed by atoms with Gasteiger partial charge in [0.1, 0.15) is 17.2 Å². The van der Waals surface area contributed by atoms with Crippen LogP contribution in [0.5, 0.6) is 0 Å². The molecule has 0 bridgehead atoms. The van der Waals surface area contributed by atoms with Crippen LogP contribution in [-0.2, 0) is 9.47 Å². The average molecular weight is 318 g/mol. The molecule has 6 nitrogen and oxygen atoms in total. The van der Waals surface area contributed by atoms with E-state index in [1.54, 1.807) is 14.2 Å². The van der Waals surface area contributed by atoms with E-state index in [1.165, 1.54) is 0 Å². The molecule has 2 heterocycles. The summed E-state index contributed by atoms with van der Waals surface area (Å²) in [6, 6.07) is 0.244. The zero-order valence-corrected chi connectivity index (χ0v) is 15.1.